The van der Waals surface area contributed by atoms with Gasteiger partial charge >= 0.3 is 0 Å². The van der Waals surface area contributed by atoms with Crippen molar-refractivity contribution < 1.29 is 13.2 Å². The maximum atomic E-state index is 12.6. The number of nitrogens with zero attached hydrogens (tertiary/aromatic N) is 1. The molecule has 3 aromatic carbocycles. The number of fused-ring (bicyclic) bond motifs is 1. The zero-order valence-corrected chi connectivity index (χ0v) is 20.3. The van der Waals surface area contributed by atoms with Gasteiger partial charge in [-0.15, -0.1) is 11.8 Å². The summed E-state index contributed by atoms with van der Waals surface area (Å²) in [5, 5.41) is 5.41. The fourth-order valence-corrected chi connectivity index (χ4v) is 5.95. The van der Waals surface area contributed by atoms with Gasteiger partial charge in [0.25, 0.3) is 10.0 Å². The molecule has 0 saturated carbocycles. The van der Waals surface area contributed by atoms with Crippen LogP contribution in [0.15, 0.2) is 75.4 Å². The van der Waals surface area contributed by atoms with E-state index in [1.54, 1.807) is 12.1 Å². The van der Waals surface area contributed by atoms with Crippen molar-refractivity contribution >= 4 is 61.6 Å². The molecule has 0 unspecified atom stereocenters. The highest BCUT2D eigenvalue weighted by Gasteiger charge is 2.17. The van der Waals surface area contributed by atoms with Gasteiger partial charge in [0, 0.05) is 34.0 Å². The van der Waals surface area contributed by atoms with Gasteiger partial charge in [0.05, 0.1) is 10.6 Å². The molecule has 0 bridgehead atoms. The largest absolute Gasteiger partial charge is 0.325 e. The molecule has 0 aromatic heterocycles. The standard InChI is InChI=1S/C24H24ClN3O3S2/c25-20-8-4-6-17-7-5-9-21(24(17)20)32-16-23(29)27-18-11-13-19(14-12-18)33(30,31)28-22-10-2-1-3-15-26-22/h4-9,11-14H,1-3,10,15-16H2,(H,26,28)(H,27,29). The van der Waals surface area contributed by atoms with Gasteiger partial charge in [0.2, 0.25) is 5.91 Å². The first-order chi connectivity index (χ1) is 15.9. The van der Waals surface area contributed by atoms with E-state index in [1.165, 1.54) is 23.9 Å². The third-order valence-electron chi connectivity index (χ3n) is 5.25. The van der Waals surface area contributed by atoms with Crippen LogP contribution in [-0.4, -0.2) is 32.5 Å². The minimum atomic E-state index is -3.70. The van der Waals surface area contributed by atoms with E-state index in [4.69, 9.17) is 11.6 Å². The van der Waals surface area contributed by atoms with Crippen molar-refractivity contribution in [2.45, 2.75) is 35.5 Å². The van der Waals surface area contributed by atoms with Crippen molar-refractivity contribution in [3.8, 4) is 0 Å². The van der Waals surface area contributed by atoms with E-state index in [0.717, 1.165) is 34.9 Å². The Bertz CT molecular complexity index is 1290. The van der Waals surface area contributed by atoms with Gasteiger partial charge in [-0.25, -0.2) is 8.42 Å². The lowest BCUT2D eigenvalue weighted by atomic mass is 10.1. The SMILES string of the molecule is O=C(CSc1cccc2cccc(Cl)c12)Nc1ccc(S(=O)(=O)NC2=NCCCCC2)cc1. The number of carbonyl (C=O) groups is 1. The molecule has 1 aliphatic rings. The molecular weight excluding hydrogens is 478 g/mol. The average Bonchev–Trinajstić information content (AvgIpc) is 3.06. The van der Waals surface area contributed by atoms with Crippen LogP contribution in [-0.2, 0) is 14.8 Å². The Labute approximate surface area is 202 Å². The molecule has 0 fully saturated rings. The fraction of sp³-hybridized carbons (Fsp3) is 0.250. The van der Waals surface area contributed by atoms with Crippen molar-refractivity contribution in [1.29, 1.82) is 0 Å². The Hall–Kier alpha value is -2.55. The minimum absolute atomic E-state index is 0.132. The molecule has 4 rings (SSSR count). The number of hydrogen-bond acceptors (Lipinski definition) is 5. The van der Waals surface area contributed by atoms with Gasteiger partial charge in [-0.2, -0.15) is 0 Å². The van der Waals surface area contributed by atoms with Crippen LogP contribution < -0.4 is 10.0 Å². The summed E-state index contributed by atoms with van der Waals surface area (Å²) in [6.07, 6.45) is 3.59. The molecule has 172 valence electrons. The van der Waals surface area contributed by atoms with E-state index in [0.29, 0.717) is 29.5 Å². The second-order valence-corrected chi connectivity index (χ2v) is 10.8. The van der Waals surface area contributed by atoms with Crippen molar-refractivity contribution in [1.82, 2.24) is 4.72 Å². The quantitative estimate of drug-likeness (QED) is 0.438. The molecule has 0 spiro atoms. The predicted octanol–water partition coefficient (Wildman–Crippen LogP) is 5.47. The van der Waals surface area contributed by atoms with E-state index in [2.05, 4.69) is 15.0 Å². The lowest BCUT2D eigenvalue weighted by Crippen LogP contribution is -2.30. The number of rotatable bonds is 6. The number of nitrogens with one attached hydrogen (secondary N) is 2. The predicted molar refractivity (Wildman–Crippen MR) is 136 cm³/mol. The van der Waals surface area contributed by atoms with Gasteiger partial charge in [0.15, 0.2) is 0 Å². The third-order valence-corrected chi connectivity index (χ3v) is 8.02. The van der Waals surface area contributed by atoms with Gasteiger partial charge in [0.1, 0.15) is 5.84 Å². The molecule has 33 heavy (non-hydrogen) atoms. The molecule has 3 aromatic rings. The van der Waals surface area contributed by atoms with Gasteiger partial charge < -0.3 is 5.32 Å². The molecule has 1 amide bonds. The summed E-state index contributed by atoms with van der Waals surface area (Å²) < 4.78 is 27.9. The summed E-state index contributed by atoms with van der Waals surface area (Å²) >= 11 is 7.76. The number of carbonyl (C=O) groups excluding carboxylic acids is 1. The Morgan fingerprint density at radius 2 is 1.76 bits per heavy atom. The zero-order chi connectivity index (χ0) is 23.3. The molecule has 9 heteroatoms. The van der Waals surface area contributed by atoms with Gasteiger partial charge in [-0.3, -0.25) is 14.5 Å². The highest BCUT2D eigenvalue weighted by atomic mass is 35.5. The number of anilines is 1. The third kappa shape index (κ3) is 6.07. The molecule has 1 aliphatic heterocycles. The summed E-state index contributed by atoms with van der Waals surface area (Å²) in [6, 6.07) is 17.7. The Morgan fingerprint density at radius 1 is 1.00 bits per heavy atom. The van der Waals surface area contributed by atoms with E-state index >= 15 is 0 Å². The molecule has 0 radical (unpaired) electrons. The van der Waals surface area contributed by atoms with Crippen LogP contribution in [0.2, 0.25) is 5.02 Å². The smallest absolute Gasteiger partial charge is 0.262 e. The van der Waals surface area contributed by atoms with Crippen LogP contribution in [0.4, 0.5) is 5.69 Å². The van der Waals surface area contributed by atoms with E-state index < -0.39 is 10.0 Å². The van der Waals surface area contributed by atoms with Gasteiger partial charge in [-0.05, 0) is 54.6 Å². The van der Waals surface area contributed by atoms with Crippen LogP contribution in [0, 0.1) is 0 Å². The number of benzene rings is 3. The average molecular weight is 502 g/mol. The summed E-state index contributed by atoms with van der Waals surface area (Å²) in [7, 11) is -3.70. The van der Waals surface area contributed by atoms with Crippen LogP contribution in [0.5, 0.6) is 0 Å². The topological polar surface area (TPSA) is 87.6 Å². The molecule has 2 N–H and O–H groups in total. The minimum Gasteiger partial charge on any atom is -0.325 e. The maximum Gasteiger partial charge on any atom is 0.262 e. The number of thioether (sulfide) groups is 1. The second kappa shape index (κ2) is 10.6. The maximum absolute atomic E-state index is 12.6. The van der Waals surface area contributed by atoms with Crippen molar-refractivity contribution in [3.63, 3.8) is 0 Å². The second-order valence-electron chi connectivity index (χ2n) is 7.70. The van der Waals surface area contributed by atoms with Crippen LogP contribution in [0.3, 0.4) is 0 Å². The zero-order valence-electron chi connectivity index (χ0n) is 17.9. The van der Waals surface area contributed by atoms with E-state index in [-0.39, 0.29) is 16.6 Å². The number of sulfonamides is 1. The highest BCUT2D eigenvalue weighted by molar-refractivity contribution is 8.00. The Morgan fingerprint density at radius 3 is 2.55 bits per heavy atom. The van der Waals surface area contributed by atoms with Crippen molar-refractivity contribution in [2.24, 2.45) is 4.99 Å². The molecule has 6 nitrogen and oxygen atoms in total. The first-order valence-corrected chi connectivity index (χ1v) is 13.5. The first-order valence-electron chi connectivity index (χ1n) is 10.7. The first kappa shape index (κ1) is 23.6. The Kier molecular flexibility index (Phi) is 7.57. The molecule has 1 heterocycles. The number of hydrogen-bond donors (Lipinski definition) is 2. The highest BCUT2D eigenvalue weighted by Crippen LogP contribution is 2.33. The van der Waals surface area contributed by atoms with Crippen molar-refractivity contribution in [3.05, 3.63) is 65.7 Å². The summed E-state index contributed by atoms with van der Waals surface area (Å²) in [6.45, 7) is 0.645. The monoisotopic (exact) mass is 501 g/mol. The van der Waals surface area contributed by atoms with Crippen LogP contribution in [0.25, 0.3) is 10.8 Å². The molecule has 0 atom stereocenters. The summed E-state index contributed by atoms with van der Waals surface area (Å²) in [5.41, 5.74) is 0.530. The summed E-state index contributed by atoms with van der Waals surface area (Å²) in [4.78, 5) is 17.9. The fourth-order valence-electron chi connectivity index (χ4n) is 3.61. The van der Waals surface area contributed by atoms with Crippen LogP contribution in [0.1, 0.15) is 25.7 Å². The number of aliphatic imine (C=N–C) groups is 1. The Balaban J connectivity index is 1.37. The lowest BCUT2D eigenvalue weighted by molar-refractivity contribution is -0.113. The van der Waals surface area contributed by atoms with Gasteiger partial charge in [-0.1, -0.05) is 42.3 Å². The number of amidine groups is 1. The molecule has 0 saturated heterocycles. The number of amides is 1. The van der Waals surface area contributed by atoms with Crippen molar-refractivity contribution in [2.75, 3.05) is 17.6 Å². The molecular formula is C24H24ClN3O3S2. The van der Waals surface area contributed by atoms with Crippen LogP contribution >= 0.6 is 23.4 Å². The number of halogens is 1. The van der Waals surface area contributed by atoms with E-state index in [9.17, 15) is 13.2 Å². The normalized spacial score (nSPS) is 14.4. The lowest BCUT2D eigenvalue weighted by Gasteiger charge is -2.11. The molecule has 0 aliphatic carbocycles. The summed E-state index contributed by atoms with van der Waals surface area (Å²) in [5.74, 6) is 0.521. The van der Waals surface area contributed by atoms with E-state index in [1.807, 2.05) is 36.4 Å².